The van der Waals surface area contributed by atoms with Gasteiger partial charge in [-0.05, 0) is 23.8 Å². The van der Waals surface area contributed by atoms with Gasteiger partial charge < -0.3 is 23.7 Å². The molecule has 0 aliphatic carbocycles. The predicted molar refractivity (Wildman–Crippen MR) is 88.5 cm³/mol. The van der Waals surface area contributed by atoms with Crippen molar-refractivity contribution in [1.29, 1.82) is 0 Å². The quantitative estimate of drug-likeness (QED) is 0.783. The summed E-state index contributed by atoms with van der Waals surface area (Å²) < 4.78 is 26.8. The average molecular weight is 318 g/mol. The van der Waals surface area contributed by atoms with E-state index in [1.54, 1.807) is 35.5 Å². The molecule has 23 heavy (non-hydrogen) atoms. The van der Waals surface area contributed by atoms with E-state index < -0.39 is 0 Å². The number of ether oxygens (including phenoxy) is 5. The molecule has 0 aliphatic heterocycles. The van der Waals surface area contributed by atoms with Crippen molar-refractivity contribution in [3.8, 4) is 28.7 Å². The molecule has 0 heterocycles. The molecule has 0 aromatic heterocycles. The summed E-state index contributed by atoms with van der Waals surface area (Å²) in [6.45, 7) is 0. The Hall–Kier alpha value is -2.56. The van der Waals surface area contributed by atoms with Crippen molar-refractivity contribution >= 4 is 0 Å². The minimum absolute atomic E-state index is 0.639. The maximum absolute atomic E-state index is 5.47. The molecule has 0 amide bonds. The number of methoxy groups -OCH3 is 5. The van der Waals surface area contributed by atoms with E-state index in [1.807, 2.05) is 30.3 Å². The van der Waals surface area contributed by atoms with E-state index in [2.05, 4.69) is 0 Å². The van der Waals surface area contributed by atoms with Gasteiger partial charge in [-0.2, -0.15) is 0 Å². The van der Waals surface area contributed by atoms with E-state index in [9.17, 15) is 0 Å². The lowest BCUT2D eigenvalue weighted by Gasteiger charge is -2.15. The van der Waals surface area contributed by atoms with Crippen molar-refractivity contribution in [3.05, 3.63) is 41.5 Å². The fourth-order valence-corrected chi connectivity index (χ4v) is 2.44. The van der Waals surface area contributed by atoms with Gasteiger partial charge >= 0.3 is 0 Å². The van der Waals surface area contributed by atoms with Crippen LogP contribution in [0.15, 0.2) is 30.3 Å². The lowest BCUT2D eigenvalue weighted by atomic mass is 10.0. The van der Waals surface area contributed by atoms with E-state index >= 15 is 0 Å². The fourth-order valence-electron chi connectivity index (χ4n) is 2.44. The molecule has 2 rings (SSSR count). The Morgan fingerprint density at radius 2 is 1.09 bits per heavy atom. The summed E-state index contributed by atoms with van der Waals surface area (Å²) in [5.41, 5.74) is 2.07. The Morgan fingerprint density at radius 3 is 1.65 bits per heavy atom. The lowest BCUT2D eigenvalue weighted by molar-refractivity contribution is 0.347. The summed E-state index contributed by atoms with van der Waals surface area (Å²) in [6.07, 6.45) is 0.671. The molecule has 2 aromatic rings. The minimum Gasteiger partial charge on any atom is -0.496 e. The SMILES string of the molecule is COc1cc(OC)c(OC)cc1Cc1ccc(OC)c(OC)c1. The van der Waals surface area contributed by atoms with Crippen molar-refractivity contribution in [2.24, 2.45) is 0 Å². The van der Waals surface area contributed by atoms with Crippen molar-refractivity contribution in [3.63, 3.8) is 0 Å². The topological polar surface area (TPSA) is 46.2 Å². The zero-order valence-corrected chi connectivity index (χ0v) is 14.1. The predicted octanol–water partition coefficient (Wildman–Crippen LogP) is 3.32. The fraction of sp³-hybridized carbons (Fsp3) is 0.333. The average Bonchev–Trinajstić information content (AvgIpc) is 2.61. The second-order valence-corrected chi connectivity index (χ2v) is 4.89. The van der Waals surface area contributed by atoms with Crippen LogP contribution in [0, 0.1) is 0 Å². The first-order valence-electron chi connectivity index (χ1n) is 7.16. The lowest BCUT2D eigenvalue weighted by Crippen LogP contribution is -1.99. The van der Waals surface area contributed by atoms with Gasteiger partial charge in [-0.3, -0.25) is 0 Å². The van der Waals surface area contributed by atoms with Crippen LogP contribution in [-0.4, -0.2) is 35.5 Å². The molecule has 0 unspecified atom stereocenters. The molecule has 0 atom stereocenters. The van der Waals surface area contributed by atoms with Crippen LogP contribution >= 0.6 is 0 Å². The van der Waals surface area contributed by atoms with E-state index in [0.717, 1.165) is 16.9 Å². The van der Waals surface area contributed by atoms with Gasteiger partial charge in [-0.1, -0.05) is 6.07 Å². The van der Waals surface area contributed by atoms with Crippen molar-refractivity contribution in [1.82, 2.24) is 0 Å². The minimum atomic E-state index is 0.639. The van der Waals surface area contributed by atoms with E-state index in [1.165, 1.54) is 0 Å². The molecule has 0 saturated carbocycles. The molecule has 0 radical (unpaired) electrons. The third-order valence-electron chi connectivity index (χ3n) is 3.63. The van der Waals surface area contributed by atoms with Crippen LogP contribution in [0.4, 0.5) is 0 Å². The Labute approximate surface area is 136 Å². The van der Waals surface area contributed by atoms with E-state index in [0.29, 0.717) is 29.4 Å². The van der Waals surface area contributed by atoms with E-state index in [4.69, 9.17) is 23.7 Å². The highest BCUT2D eigenvalue weighted by atomic mass is 16.5. The molecule has 124 valence electrons. The Morgan fingerprint density at radius 1 is 0.565 bits per heavy atom. The van der Waals surface area contributed by atoms with Gasteiger partial charge in [-0.15, -0.1) is 0 Å². The molecule has 5 heteroatoms. The number of benzene rings is 2. The van der Waals surface area contributed by atoms with Gasteiger partial charge in [0.25, 0.3) is 0 Å². The summed E-state index contributed by atoms with van der Waals surface area (Å²) in [5.74, 6) is 3.46. The Balaban J connectivity index is 2.39. The highest BCUT2D eigenvalue weighted by Gasteiger charge is 2.13. The molecule has 0 saturated heterocycles. The zero-order valence-electron chi connectivity index (χ0n) is 14.1. The molecule has 0 aliphatic rings. The molecule has 5 nitrogen and oxygen atoms in total. The van der Waals surface area contributed by atoms with Crippen molar-refractivity contribution < 1.29 is 23.7 Å². The van der Waals surface area contributed by atoms with Gasteiger partial charge in [0, 0.05) is 18.1 Å². The molecule has 0 fully saturated rings. The molecular weight excluding hydrogens is 296 g/mol. The van der Waals surface area contributed by atoms with Crippen molar-refractivity contribution in [2.45, 2.75) is 6.42 Å². The summed E-state index contributed by atoms with van der Waals surface area (Å²) in [6, 6.07) is 9.59. The van der Waals surface area contributed by atoms with Crippen LogP contribution in [0.25, 0.3) is 0 Å². The second kappa shape index (κ2) is 7.63. The Kier molecular flexibility index (Phi) is 5.57. The highest BCUT2D eigenvalue weighted by Crippen LogP contribution is 2.36. The van der Waals surface area contributed by atoms with Crippen LogP contribution in [0.5, 0.6) is 28.7 Å². The third kappa shape index (κ3) is 3.62. The molecule has 0 bridgehead atoms. The number of hydrogen-bond acceptors (Lipinski definition) is 5. The first kappa shape index (κ1) is 16.8. The first-order valence-corrected chi connectivity index (χ1v) is 7.16. The van der Waals surface area contributed by atoms with Gasteiger partial charge in [-0.25, -0.2) is 0 Å². The summed E-state index contributed by atoms with van der Waals surface area (Å²) in [5, 5.41) is 0. The molecular formula is C18H22O5. The summed E-state index contributed by atoms with van der Waals surface area (Å²) in [7, 11) is 8.10. The second-order valence-electron chi connectivity index (χ2n) is 4.89. The zero-order chi connectivity index (χ0) is 16.8. The van der Waals surface area contributed by atoms with Gasteiger partial charge in [0.1, 0.15) is 5.75 Å². The monoisotopic (exact) mass is 318 g/mol. The van der Waals surface area contributed by atoms with Gasteiger partial charge in [0.15, 0.2) is 23.0 Å². The van der Waals surface area contributed by atoms with Crippen LogP contribution in [0.3, 0.4) is 0 Å². The maximum Gasteiger partial charge on any atom is 0.164 e. The van der Waals surface area contributed by atoms with Crippen LogP contribution < -0.4 is 23.7 Å². The van der Waals surface area contributed by atoms with Crippen LogP contribution in [0.2, 0.25) is 0 Å². The van der Waals surface area contributed by atoms with Gasteiger partial charge in [0.05, 0.1) is 35.5 Å². The number of hydrogen-bond donors (Lipinski definition) is 0. The molecule has 0 spiro atoms. The smallest absolute Gasteiger partial charge is 0.164 e. The maximum atomic E-state index is 5.47. The highest BCUT2D eigenvalue weighted by molar-refractivity contribution is 5.53. The van der Waals surface area contributed by atoms with Crippen molar-refractivity contribution in [2.75, 3.05) is 35.5 Å². The van der Waals surface area contributed by atoms with Crippen LogP contribution in [0.1, 0.15) is 11.1 Å². The summed E-state index contributed by atoms with van der Waals surface area (Å²) in [4.78, 5) is 0. The standard InChI is InChI=1S/C18H22O5/c1-19-14-7-6-12(9-16(14)21-3)8-13-10-17(22-4)18(23-5)11-15(13)20-2/h6-7,9-11H,8H2,1-5H3. The normalized spacial score (nSPS) is 10.1. The molecule has 2 aromatic carbocycles. The summed E-state index contributed by atoms with van der Waals surface area (Å²) >= 11 is 0. The molecule has 0 N–H and O–H groups in total. The third-order valence-corrected chi connectivity index (χ3v) is 3.63. The van der Waals surface area contributed by atoms with E-state index in [-0.39, 0.29) is 0 Å². The van der Waals surface area contributed by atoms with Crippen LogP contribution in [-0.2, 0) is 6.42 Å². The van der Waals surface area contributed by atoms with Gasteiger partial charge in [0.2, 0.25) is 0 Å². The largest absolute Gasteiger partial charge is 0.496 e. The first-order chi connectivity index (χ1) is 11.2. The number of rotatable bonds is 7. The Bertz CT molecular complexity index is 667.